The molecule has 3 N–H and O–H groups in total. The Morgan fingerprint density at radius 1 is 1.30 bits per heavy atom. The Bertz CT molecular complexity index is 315. The maximum atomic E-state index is 12.3. The van der Waals surface area contributed by atoms with Gasteiger partial charge in [0.05, 0.1) is 0 Å². The third-order valence-corrected chi connectivity index (χ3v) is 4.60. The maximum Gasteiger partial charge on any atom is 0.223 e. The first kappa shape index (κ1) is 15.7. The molecule has 2 rings (SSSR count). The van der Waals surface area contributed by atoms with E-state index in [2.05, 4.69) is 29.1 Å². The number of piperazine rings is 1. The SMILES string of the molecule is CC(CN1CCN(C)CC1)NC(=O)C1CCCC(N)C1. The predicted octanol–water partition coefficient (Wildman–Crippen LogP) is 0.256. The molecule has 0 spiro atoms. The molecule has 1 heterocycles. The molecule has 5 heteroatoms. The first-order valence-corrected chi connectivity index (χ1v) is 8.01. The molecule has 1 saturated heterocycles. The number of nitrogens with one attached hydrogen (secondary N) is 1. The average Bonchev–Trinajstić information content (AvgIpc) is 2.41. The molecule has 3 unspecified atom stereocenters. The predicted molar refractivity (Wildman–Crippen MR) is 81.5 cm³/mol. The largest absolute Gasteiger partial charge is 0.352 e. The normalized spacial score (nSPS) is 30.9. The Morgan fingerprint density at radius 3 is 2.65 bits per heavy atom. The number of nitrogens with zero attached hydrogens (tertiary/aromatic N) is 2. The molecule has 0 aromatic rings. The molecule has 5 nitrogen and oxygen atoms in total. The van der Waals surface area contributed by atoms with Crippen molar-refractivity contribution in [3.63, 3.8) is 0 Å². The van der Waals surface area contributed by atoms with E-state index in [9.17, 15) is 4.79 Å². The number of carbonyl (C=O) groups is 1. The number of carbonyl (C=O) groups excluding carboxylic acids is 1. The summed E-state index contributed by atoms with van der Waals surface area (Å²) in [6.07, 6.45) is 4.01. The van der Waals surface area contributed by atoms with E-state index >= 15 is 0 Å². The van der Waals surface area contributed by atoms with Gasteiger partial charge >= 0.3 is 0 Å². The van der Waals surface area contributed by atoms with Crippen LogP contribution in [0.2, 0.25) is 0 Å². The van der Waals surface area contributed by atoms with E-state index in [1.54, 1.807) is 0 Å². The van der Waals surface area contributed by atoms with E-state index in [4.69, 9.17) is 5.73 Å². The molecule has 0 aromatic heterocycles. The summed E-state index contributed by atoms with van der Waals surface area (Å²) in [5, 5.41) is 3.18. The molecule has 1 saturated carbocycles. The van der Waals surface area contributed by atoms with Crippen LogP contribution in [-0.2, 0) is 4.79 Å². The Morgan fingerprint density at radius 2 is 2.00 bits per heavy atom. The van der Waals surface area contributed by atoms with Gasteiger partial charge in [-0.1, -0.05) is 6.42 Å². The van der Waals surface area contributed by atoms with Crippen LogP contribution in [0.25, 0.3) is 0 Å². The zero-order valence-electron chi connectivity index (χ0n) is 13.0. The Kier molecular flexibility index (Phi) is 5.81. The fourth-order valence-corrected chi connectivity index (χ4v) is 3.29. The summed E-state index contributed by atoms with van der Waals surface area (Å²) in [7, 11) is 2.16. The van der Waals surface area contributed by atoms with Crippen molar-refractivity contribution < 1.29 is 4.79 Å². The number of nitrogens with two attached hydrogens (primary N) is 1. The molecule has 1 aliphatic heterocycles. The zero-order chi connectivity index (χ0) is 14.5. The van der Waals surface area contributed by atoms with Gasteiger partial charge in [-0.2, -0.15) is 0 Å². The van der Waals surface area contributed by atoms with Gasteiger partial charge in [-0.15, -0.1) is 0 Å². The van der Waals surface area contributed by atoms with E-state index in [1.807, 2.05) is 0 Å². The minimum Gasteiger partial charge on any atom is -0.352 e. The molecule has 0 aromatic carbocycles. The van der Waals surface area contributed by atoms with Gasteiger partial charge < -0.3 is 16.0 Å². The summed E-state index contributed by atoms with van der Waals surface area (Å²) in [6, 6.07) is 0.441. The van der Waals surface area contributed by atoms with Crippen LogP contribution in [0.1, 0.15) is 32.6 Å². The summed E-state index contributed by atoms with van der Waals surface area (Å²) in [5.74, 6) is 0.343. The topological polar surface area (TPSA) is 61.6 Å². The molecular formula is C15H30N4O. The molecule has 2 aliphatic rings. The highest BCUT2D eigenvalue weighted by atomic mass is 16.1. The van der Waals surface area contributed by atoms with Crippen LogP contribution in [0.15, 0.2) is 0 Å². The van der Waals surface area contributed by atoms with Gasteiger partial charge in [0.25, 0.3) is 0 Å². The fourth-order valence-electron chi connectivity index (χ4n) is 3.29. The highest BCUT2D eigenvalue weighted by molar-refractivity contribution is 5.79. The molecule has 0 radical (unpaired) electrons. The first-order chi connectivity index (χ1) is 9.54. The quantitative estimate of drug-likeness (QED) is 0.776. The van der Waals surface area contributed by atoms with E-state index in [-0.39, 0.29) is 23.9 Å². The zero-order valence-corrected chi connectivity index (χ0v) is 13.0. The lowest BCUT2D eigenvalue weighted by Gasteiger charge is -2.34. The smallest absolute Gasteiger partial charge is 0.223 e. The van der Waals surface area contributed by atoms with Crippen LogP contribution in [0.4, 0.5) is 0 Å². The standard InChI is InChI=1S/C15H30N4O/c1-12(11-19-8-6-18(2)7-9-19)17-15(20)13-4-3-5-14(16)10-13/h12-14H,3-11,16H2,1-2H3,(H,17,20). The van der Waals surface area contributed by atoms with E-state index in [0.29, 0.717) is 0 Å². The van der Waals surface area contributed by atoms with Gasteiger partial charge in [0, 0.05) is 50.7 Å². The van der Waals surface area contributed by atoms with Gasteiger partial charge in [-0.3, -0.25) is 9.69 Å². The minimum atomic E-state index is 0.133. The van der Waals surface area contributed by atoms with Crippen molar-refractivity contribution in [2.45, 2.75) is 44.7 Å². The van der Waals surface area contributed by atoms with Gasteiger partial charge in [0.15, 0.2) is 0 Å². The van der Waals surface area contributed by atoms with Crippen LogP contribution in [0.3, 0.4) is 0 Å². The second-order valence-electron chi connectivity index (χ2n) is 6.64. The van der Waals surface area contributed by atoms with Crippen LogP contribution in [-0.4, -0.2) is 67.6 Å². The number of amides is 1. The average molecular weight is 282 g/mol. The molecule has 2 fully saturated rings. The molecule has 1 aliphatic carbocycles. The van der Waals surface area contributed by atoms with Crippen LogP contribution >= 0.6 is 0 Å². The van der Waals surface area contributed by atoms with Gasteiger partial charge in [0.1, 0.15) is 0 Å². The summed E-state index contributed by atoms with van der Waals surface area (Å²) >= 11 is 0. The van der Waals surface area contributed by atoms with Crippen molar-refractivity contribution in [3.8, 4) is 0 Å². The first-order valence-electron chi connectivity index (χ1n) is 8.01. The van der Waals surface area contributed by atoms with Crippen molar-refractivity contribution >= 4 is 5.91 Å². The Hall–Kier alpha value is -0.650. The summed E-state index contributed by atoms with van der Waals surface area (Å²) < 4.78 is 0. The highest BCUT2D eigenvalue weighted by Gasteiger charge is 2.26. The second kappa shape index (κ2) is 7.38. The second-order valence-corrected chi connectivity index (χ2v) is 6.64. The minimum absolute atomic E-state index is 0.133. The van der Waals surface area contributed by atoms with Crippen molar-refractivity contribution in [2.75, 3.05) is 39.8 Å². The maximum absolute atomic E-state index is 12.3. The third kappa shape index (κ3) is 4.72. The third-order valence-electron chi connectivity index (χ3n) is 4.60. The summed E-state index contributed by atoms with van der Waals surface area (Å²) in [4.78, 5) is 17.0. The highest BCUT2D eigenvalue weighted by Crippen LogP contribution is 2.23. The van der Waals surface area contributed by atoms with E-state index in [0.717, 1.165) is 58.4 Å². The fraction of sp³-hybridized carbons (Fsp3) is 0.933. The van der Waals surface area contributed by atoms with Crippen molar-refractivity contribution in [1.29, 1.82) is 0 Å². The van der Waals surface area contributed by atoms with Crippen LogP contribution < -0.4 is 11.1 Å². The van der Waals surface area contributed by atoms with Gasteiger partial charge in [-0.05, 0) is 33.2 Å². The number of likely N-dealkylation sites (N-methyl/N-ethyl adjacent to an activating group) is 1. The lowest BCUT2D eigenvalue weighted by atomic mass is 9.85. The van der Waals surface area contributed by atoms with Crippen molar-refractivity contribution in [2.24, 2.45) is 11.7 Å². The van der Waals surface area contributed by atoms with Crippen LogP contribution in [0.5, 0.6) is 0 Å². The lowest BCUT2D eigenvalue weighted by Crippen LogP contribution is -2.50. The molecule has 0 bridgehead atoms. The van der Waals surface area contributed by atoms with Crippen molar-refractivity contribution in [3.05, 3.63) is 0 Å². The summed E-state index contributed by atoms with van der Waals surface area (Å²) in [6.45, 7) is 7.52. The van der Waals surface area contributed by atoms with Gasteiger partial charge in [-0.25, -0.2) is 0 Å². The number of rotatable bonds is 4. The molecule has 3 atom stereocenters. The molecule has 1 amide bonds. The number of hydrogen-bond acceptors (Lipinski definition) is 4. The van der Waals surface area contributed by atoms with Crippen LogP contribution in [0, 0.1) is 5.92 Å². The Labute approximate surface area is 122 Å². The lowest BCUT2D eigenvalue weighted by molar-refractivity contribution is -0.126. The Balaban J connectivity index is 1.70. The number of hydrogen-bond donors (Lipinski definition) is 2. The molecule has 116 valence electrons. The summed E-state index contributed by atoms with van der Waals surface area (Å²) in [5.41, 5.74) is 5.96. The molecule has 20 heavy (non-hydrogen) atoms. The molecular weight excluding hydrogens is 252 g/mol. The van der Waals surface area contributed by atoms with E-state index < -0.39 is 0 Å². The van der Waals surface area contributed by atoms with E-state index in [1.165, 1.54) is 0 Å². The van der Waals surface area contributed by atoms with Crippen molar-refractivity contribution in [1.82, 2.24) is 15.1 Å². The van der Waals surface area contributed by atoms with Gasteiger partial charge in [0.2, 0.25) is 5.91 Å². The monoisotopic (exact) mass is 282 g/mol.